The van der Waals surface area contributed by atoms with E-state index in [-0.39, 0.29) is 29.2 Å². The van der Waals surface area contributed by atoms with Crippen LogP contribution in [-0.2, 0) is 12.8 Å². The highest BCUT2D eigenvalue weighted by Gasteiger charge is 2.44. The van der Waals surface area contributed by atoms with Gasteiger partial charge in [0.2, 0.25) is 5.76 Å². The fraction of sp³-hybridized carbons (Fsp3) is 0.125. The number of carbonyl (C=O) groups is 1. The molecule has 0 aliphatic carbocycles. The van der Waals surface area contributed by atoms with Crippen LogP contribution in [0.25, 0.3) is 11.0 Å². The molecule has 0 saturated heterocycles. The summed E-state index contributed by atoms with van der Waals surface area (Å²) in [5, 5.41) is 0.291. The molecule has 4 aromatic carbocycles. The topological polar surface area (TPSA) is 59.8 Å². The van der Waals surface area contributed by atoms with Crippen molar-refractivity contribution < 1.29 is 27.1 Å². The van der Waals surface area contributed by atoms with E-state index in [9.17, 15) is 22.8 Å². The number of carbonyl (C=O) groups excluding carboxylic acids is 1. The molecule has 1 unspecified atom stereocenters. The van der Waals surface area contributed by atoms with Crippen molar-refractivity contribution in [3.63, 3.8) is 0 Å². The van der Waals surface area contributed by atoms with Gasteiger partial charge in [0, 0.05) is 5.69 Å². The van der Waals surface area contributed by atoms with Gasteiger partial charge in [-0.2, -0.15) is 13.2 Å². The smallest absolute Gasteiger partial charge is 0.416 e. The van der Waals surface area contributed by atoms with Crippen LogP contribution < -0.4 is 15.1 Å². The second-order valence-corrected chi connectivity index (χ2v) is 9.65. The number of nitrogens with zero attached hydrogens (tertiary/aromatic N) is 1. The van der Waals surface area contributed by atoms with Crippen LogP contribution in [0.3, 0.4) is 0 Å². The van der Waals surface area contributed by atoms with Gasteiger partial charge in [-0.15, -0.1) is 0 Å². The summed E-state index contributed by atoms with van der Waals surface area (Å²) in [5.41, 5.74) is 1.23. The Bertz CT molecular complexity index is 1810. The van der Waals surface area contributed by atoms with Crippen molar-refractivity contribution in [3.8, 4) is 5.75 Å². The van der Waals surface area contributed by atoms with Gasteiger partial charge in [0.1, 0.15) is 17.9 Å². The normalized spacial score (nSPS) is 14.9. The van der Waals surface area contributed by atoms with E-state index in [1.807, 2.05) is 37.3 Å². The summed E-state index contributed by atoms with van der Waals surface area (Å²) in [6.45, 7) is 2.12. The van der Waals surface area contributed by atoms with E-state index in [0.717, 1.165) is 23.3 Å². The minimum Gasteiger partial charge on any atom is -0.489 e. The van der Waals surface area contributed by atoms with Gasteiger partial charge in [0.05, 0.1) is 22.6 Å². The van der Waals surface area contributed by atoms with Crippen molar-refractivity contribution in [3.05, 3.63) is 141 Å². The van der Waals surface area contributed by atoms with E-state index in [4.69, 9.17) is 9.15 Å². The Kier molecular flexibility index (Phi) is 6.18. The van der Waals surface area contributed by atoms with Crippen LogP contribution in [0.4, 0.5) is 18.9 Å². The van der Waals surface area contributed by atoms with Crippen molar-refractivity contribution in [2.45, 2.75) is 25.7 Å². The molecule has 0 radical (unpaired) electrons. The first-order valence-electron chi connectivity index (χ1n) is 12.6. The molecule has 8 heteroatoms. The number of fused-ring (bicyclic) bond motifs is 2. The number of benzene rings is 4. The number of hydrogen-bond donors (Lipinski definition) is 0. The molecule has 0 N–H and O–H groups in total. The molecule has 1 amide bonds. The van der Waals surface area contributed by atoms with Crippen molar-refractivity contribution in [1.82, 2.24) is 0 Å². The van der Waals surface area contributed by atoms with Gasteiger partial charge >= 0.3 is 6.18 Å². The van der Waals surface area contributed by atoms with E-state index in [1.165, 1.54) is 17.0 Å². The maximum Gasteiger partial charge on any atom is 0.416 e. The van der Waals surface area contributed by atoms with Gasteiger partial charge in [-0.3, -0.25) is 14.5 Å². The Hall–Kier alpha value is -4.85. The number of alkyl halides is 3. The van der Waals surface area contributed by atoms with Crippen LogP contribution >= 0.6 is 0 Å². The van der Waals surface area contributed by atoms with Gasteiger partial charge in [-0.1, -0.05) is 60.2 Å². The molecular weight excluding hydrogens is 519 g/mol. The summed E-state index contributed by atoms with van der Waals surface area (Å²) in [4.78, 5) is 28.8. The van der Waals surface area contributed by atoms with E-state index >= 15 is 0 Å². The number of hydrogen-bond acceptors (Lipinski definition) is 4. The third kappa shape index (κ3) is 4.51. The SMILES string of the molecule is Cc1ccc2oc3c(c(=O)c2c1)C(c1cccc(OCc2ccccc2)c1)N(c1cccc(C(F)(F)F)c1)C3=O. The fourth-order valence-corrected chi connectivity index (χ4v) is 5.02. The lowest BCUT2D eigenvalue weighted by molar-refractivity contribution is -0.137. The molecule has 200 valence electrons. The maximum atomic E-state index is 13.9. The summed E-state index contributed by atoms with van der Waals surface area (Å²) in [6.07, 6.45) is -4.62. The van der Waals surface area contributed by atoms with Gasteiger partial charge in [-0.25, -0.2) is 0 Å². The number of aryl methyl sites for hydroxylation is 1. The standard InChI is InChI=1S/C32H22F3NO4/c1-19-13-14-26-25(15-19)29(37)27-28(21-9-5-12-24(16-21)39-18-20-7-3-2-4-8-20)36(31(38)30(27)40-26)23-11-6-10-22(17-23)32(33,34)35/h2-17,28H,18H2,1H3. The number of halogens is 3. The molecule has 6 rings (SSSR count). The molecular formula is C32H22F3NO4. The summed E-state index contributed by atoms with van der Waals surface area (Å²) >= 11 is 0. The van der Waals surface area contributed by atoms with Gasteiger partial charge in [0.25, 0.3) is 5.91 Å². The molecule has 0 saturated carbocycles. The summed E-state index contributed by atoms with van der Waals surface area (Å²) in [5.74, 6) is -0.416. The minimum atomic E-state index is -4.62. The highest BCUT2D eigenvalue weighted by Crippen LogP contribution is 2.43. The Morgan fingerprint density at radius 2 is 1.65 bits per heavy atom. The first-order valence-corrected chi connectivity index (χ1v) is 12.6. The molecule has 0 bridgehead atoms. The lowest BCUT2D eigenvalue weighted by Crippen LogP contribution is -2.29. The van der Waals surface area contributed by atoms with Crippen LogP contribution in [0.15, 0.2) is 106 Å². The summed E-state index contributed by atoms with van der Waals surface area (Å²) in [6, 6.07) is 24.9. The second-order valence-electron chi connectivity index (χ2n) is 9.65. The fourth-order valence-electron chi connectivity index (χ4n) is 5.02. The summed E-state index contributed by atoms with van der Waals surface area (Å²) in [7, 11) is 0. The van der Waals surface area contributed by atoms with Crippen LogP contribution in [0, 0.1) is 6.92 Å². The van der Waals surface area contributed by atoms with E-state index in [1.54, 1.807) is 42.5 Å². The molecule has 1 aromatic heterocycles. The molecule has 2 heterocycles. The second kappa shape index (κ2) is 9.72. The van der Waals surface area contributed by atoms with E-state index in [0.29, 0.717) is 16.7 Å². The average Bonchev–Trinajstić information content (AvgIpc) is 3.25. The number of ether oxygens (including phenoxy) is 1. The maximum absolute atomic E-state index is 13.9. The lowest BCUT2D eigenvalue weighted by Gasteiger charge is -2.26. The Morgan fingerprint density at radius 1 is 0.875 bits per heavy atom. The molecule has 0 spiro atoms. The zero-order chi connectivity index (χ0) is 28.0. The van der Waals surface area contributed by atoms with Crippen molar-refractivity contribution >= 4 is 22.6 Å². The van der Waals surface area contributed by atoms with E-state index in [2.05, 4.69) is 0 Å². The first-order chi connectivity index (χ1) is 19.2. The number of rotatable bonds is 5. The zero-order valence-corrected chi connectivity index (χ0v) is 21.2. The third-order valence-corrected chi connectivity index (χ3v) is 6.90. The van der Waals surface area contributed by atoms with Crippen LogP contribution in [0.5, 0.6) is 5.75 Å². The zero-order valence-electron chi connectivity index (χ0n) is 21.2. The Balaban J connectivity index is 1.51. The number of anilines is 1. The average molecular weight is 542 g/mol. The van der Waals surface area contributed by atoms with Crippen molar-refractivity contribution in [1.29, 1.82) is 0 Å². The Morgan fingerprint density at radius 3 is 2.42 bits per heavy atom. The lowest BCUT2D eigenvalue weighted by atomic mass is 9.97. The summed E-state index contributed by atoms with van der Waals surface area (Å²) < 4.78 is 52.8. The number of amides is 1. The predicted molar refractivity (Wildman–Crippen MR) is 145 cm³/mol. The first kappa shape index (κ1) is 25.4. The monoisotopic (exact) mass is 541 g/mol. The molecule has 0 fully saturated rings. The molecule has 40 heavy (non-hydrogen) atoms. The van der Waals surface area contributed by atoms with E-state index < -0.39 is 29.1 Å². The van der Waals surface area contributed by atoms with Crippen LogP contribution in [-0.4, -0.2) is 5.91 Å². The van der Waals surface area contributed by atoms with Crippen LogP contribution in [0.1, 0.15) is 44.4 Å². The largest absolute Gasteiger partial charge is 0.489 e. The highest BCUT2D eigenvalue weighted by atomic mass is 19.4. The Labute approximate surface area is 227 Å². The highest BCUT2D eigenvalue weighted by molar-refractivity contribution is 6.10. The van der Waals surface area contributed by atoms with Crippen LogP contribution in [0.2, 0.25) is 0 Å². The minimum absolute atomic E-state index is 0.00790. The van der Waals surface area contributed by atoms with Crippen molar-refractivity contribution in [2.75, 3.05) is 4.90 Å². The third-order valence-electron chi connectivity index (χ3n) is 6.90. The van der Waals surface area contributed by atoms with Gasteiger partial charge in [-0.05, 0) is 60.5 Å². The quantitative estimate of drug-likeness (QED) is 0.232. The molecule has 5 aromatic rings. The molecule has 1 atom stereocenters. The molecule has 1 aliphatic rings. The molecule has 1 aliphatic heterocycles. The molecule has 5 nitrogen and oxygen atoms in total. The predicted octanol–water partition coefficient (Wildman–Crippen LogP) is 7.45. The van der Waals surface area contributed by atoms with Gasteiger partial charge in [0.15, 0.2) is 5.43 Å². The van der Waals surface area contributed by atoms with Gasteiger partial charge < -0.3 is 9.15 Å². The van der Waals surface area contributed by atoms with Crippen molar-refractivity contribution in [2.24, 2.45) is 0 Å².